The van der Waals surface area contributed by atoms with E-state index in [4.69, 9.17) is 0 Å². The first-order chi connectivity index (χ1) is 9.71. The second kappa shape index (κ2) is 5.83. The third-order valence-electron chi connectivity index (χ3n) is 4.97. The number of likely N-dealkylation sites (tertiary alicyclic amines) is 1. The number of carboxylic acid groups (broad SMARTS) is 1. The lowest BCUT2D eigenvalue weighted by Crippen LogP contribution is -2.51. The van der Waals surface area contributed by atoms with Gasteiger partial charge in [0.2, 0.25) is 0 Å². The van der Waals surface area contributed by atoms with E-state index in [0.717, 1.165) is 25.7 Å². The zero-order chi connectivity index (χ0) is 15.8. The van der Waals surface area contributed by atoms with E-state index in [1.165, 1.54) is 4.90 Å². The second-order valence-corrected chi connectivity index (χ2v) is 7.18. The predicted octanol–water partition coefficient (Wildman–Crippen LogP) is 1.53. The van der Waals surface area contributed by atoms with E-state index in [2.05, 4.69) is 13.8 Å². The van der Waals surface area contributed by atoms with Gasteiger partial charge in [0.25, 0.3) is 0 Å². The van der Waals surface area contributed by atoms with Gasteiger partial charge in [-0.15, -0.1) is 0 Å². The number of carbonyl (C=O) groups excluding carboxylic acids is 1. The minimum absolute atomic E-state index is 0.109. The Morgan fingerprint density at radius 1 is 1.24 bits per heavy atom. The molecule has 0 radical (unpaired) electrons. The fourth-order valence-corrected chi connectivity index (χ4v) is 3.39. The number of aliphatic hydroxyl groups excluding tert-OH is 1. The zero-order valence-electron chi connectivity index (χ0n) is 13.1. The number of carboxylic acids is 1. The molecule has 0 aromatic rings. The van der Waals surface area contributed by atoms with Crippen molar-refractivity contribution in [2.45, 2.75) is 64.1 Å². The van der Waals surface area contributed by atoms with E-state index < -0.39 is 18.1 Å². The molecule has 0 bridgehead atoms. The molecule has 0 aromatic heterocycles. The summed E-state index contributed by atoms with van der Waals surface area (Å²) in [6.45, 7) is 4.59. The van der Waals surface area contributed by atoms with E-state index in [1.54, 1.807) is 11.9 Å². The molecule has 1 aliphatic heterocycles. The number of β-amino-alcohol motifs (C(OH)–C–C–N with tert-alkyl or cyclic N) is 1. The van der Waals surface area contributed by atoms with E-state index in [1.807, 2.05) is 0 Å². The van der Waals surface area contributed by atoms with E-state index in [9.17, 15) is 19.8 Å². The van der Waals surface area contributed by atoms with Crippen LogP contribution in [-0.4, -0.2) is 63.8 Å². The Balaban J connectivity index is 2.00. The summed E-state index contributed by atoms with van der Waals surface area (Å²) in [5, 5.41) is 18.8. The van der Waals surface area contributed by atoms with Gasteiger partial charge in [-0.1, -0.05) is 13.8 Å². The van der Waals surface area contributed by atoms with Crippen LogP contribution in [-0.2, 0) is 4.79 Å². The lowest BCUT2D eigenvalue weighted by molar-refractivity contribution is -0.141. The van der Waals surface area contributed by atoms with Crippen LogP contribution in [0.25, 0.3) is 0 Å². The molecule has 1 unspecified atom stereocenters. The Hall–Kier alpha value is -1.30. The van der Waals surface area contributed by atoms with Crippen molar-refractivity contribution < 1.29 is 19.8 Å². The van der Waals surface area contributed by atoms with Crippen molar-refractivity contribution in [3.63, 3.8) is 0 Å². The number of aliphatic carboxylic acids is 1. The molecule has 1 saturated heterocycles. The Kier molecular flexibility index (Phi) is 4.46. The number of rotatable bonds is 2. The molecule has 2 aliphatic rings. The summed E-state index contributed by atoms with van der Waals surface area (Å²) in [7, 11) is 1.74. The van der Waals surface area contributed by atoms with Gasteiger partial charge in [-0.25, -0.2) is 9.59 Å². The summed E-state index contributed by atoms with van der Waals surface area (Å²) in [5.74, 6) is -1.04. The van der Waals surface area contributed by atoms with Gasteiger partial charge < -0.3 is 20.0 Å². The Labute approximate surface area is 125 Å². The third-order valence-corrected chi connectivity index (χ3v) is 4.97. The van der Waals surface area contributed by atoms with Gasteiger partial charge in [0, 0.05) is 26.1 Å². The van der Waals surface area contributed by atoms with E-state index in [0.29, 0.717) is 5.41 Å². The fraction of sp³-hybridized carbons (Fsp3) is 0.867. The van der Waals surface area contributed by atoms with E-state index >= 15 is 0 Å². The first kappa shape index (κ1) is 16.1. The quantitative estimate of drug-likeness (QED) is 0.810. The number of nitrogens with zero attached hydrogens (tertiary/aromatic N) is 2. The molecule has 120 valence electrons. The number of urea groups is 1. The summed E-state index contributed by atoms with van der Waals surface area (Å²) in [6.07, 6.45) is 3.41. The Morgan fingerprint density at radius 3 is 2.33 bits per heavy atom. The SMILES string of the molecule is CN(C(=O)N1CC(O)C[C@H]1C(=O)O)C1CCC(C)(C)CC1. The molecule has 2 N–H and O–H groups in total. The molecule has 2 amide bonds. The third kappa shape index (κ3) is 3.48. The Bertz CT molecular complexity index is 414. The predicted molar refractivity (Wildman–Crippen MR) is 77.9 cm³/mol. The normalized spacial score (nSPS) is 29.4. The van der Waals surface area contributed by atoms with Crippen molar-refractivity contribution in [3.05, 3.63) is 0 Å². The molecule has 6 heteroatoms. The molecule has 6 nitrogen and oxygen atoms in total. The average Bonchev–Trinajstić information content (AvgIpc) is 2.79. The van der Waals surface area contributed by atoms with Crippen LogP contribution in [0.4, 0.5) is 4.79 Å². The molecule has 2 fully saturated rings. The topological polar surface area (TPSA) is 81.1 Å². The van der Waals surface area contributed by atoms with Crippen LogP contribution in [0.2, 0.25) is 0 Å². The molecule has 0 spiro atoms. The molecule has 2 atom stereocenters. The summed E-state index contributed by atoms with van der Waals surface area (Å²) in [5.41, 5.74) is 0.327. The van der Waals surface area contributed by atoms with Crippen molar-refractivity contribution in [3.8, 4) is 0 Å². The second-order valence-electron chi connectivity index (χ2n) is 7.18. The molecular formula is C15H26N2O4. The lowest BCUT2D eigenvalue weighted by Gasteiger charge is -2.40. The zero-order valence-corrected chi connectivity index (χ0v) is 13.1. The van der Waals surface area contributed by atoms with Gasteiger partial charge in [-0.2, -0.15) is 0 Å². The monoisotopic (exact) mass is 298 g/mol. The fourth-order valence-electron chi connectivity index (χ4n) is 3.39. The molecule has 1 heterocycles. The minimum Gasteiger partial charge on any atom is -0.480 e. The highest BCUT2D eigenvalue weighted by molar-refractivity contribution is 5.83. The standard InChI is InChI=1S/C15H26N2O4/c1-15(2)6-4-10(5-7-15)16(3)14(21)17-9-11(18)8-12(17)13(19)20/h10-12,18H,4-9H2,1-3H3,(H,19,20)/t11?,12-/m0/s1. The first-order valence-electron chi connectivity index (χ1n) is 7.65. The number of aliphatic hydroxyl groups is 1. The number of hydrogen-bond donors (Lipinski definition) is 2. The Morgan fingerprint density at radius 2 is 1.81 bits per heavy atom. The van der Waals surface area contributed by atoms with Crippen LogP contribution in [0.3, 0.4) is 0 Å². The van der Waals surface area contributed by atoms with Gasteiger partial charge in [0.15, 0.2) is 0 Å². The maximum absolute atomic E-state index is 12.5. The molecule has 1 aliphatic carbocycles. The summed E-state index contributed by atoms with van der Waals surface area (Å²) >= 11 is 0. The van der Waals surface area contributed by atoms with Crippen molar-refractivity contribution >= 4 is 12.0 Å². The summed E-state index contributed by atoms with van der Waals surface area (Å²) < 4.78 is 0. The average molecular weight is 298 g/mol. The van der Waals surface area contributed by atoms with Crippen LogP contribution in [0.1, 0.15) is 46.0 Å². The lowest BCUT2D eigenvalue weighted by atomic mass is 9.75. The van der Waals surface area contributed by atoms with Gasteiger partial charge >= 0.3 is 12.0 Å². The van der Waals surface area contributed by atoms with E-state index in [-0.39, 0.29) is 25.0 Å². The molecule has 21 heavy (non-hydrogen) atoms. The van der Waals surface area contributed by atoms with Gasteiger partial charge in [0.1, 0.15) is 6.04 Å². The highest BCUT2D eigenvalue weighted by Gasteiger charge is 2.41. The highest BCUT2D eigenvalue weighted by atomic mass is 16.4. The van der Waals surface area contributed by atoms with Crippen molar-refractivity contribution in [1.29, 1.82) is 0 Å². The summed E-state index contributed by atoms with van der Waals surface area (Å²) in [4.78, 5) is 26.7. The maximum Gasteiger partial charge on any atom is 0.326 e. The number of carbonyl (C=O) groups is 2. The van der Waals surface area contributed by atoms with Crippen LogP contribution in [0.5, 0.6) is 0 Å². The van der Waals surface area contributed by atoms with Crippen LogP contribution in [0, 0.1) is 5.41 Å². The van der Waals surface area contributed by atoms with Crippen molar-refractivity contribution in [2.75, 3.05) is 13.6 Å². The molecule has 0 aromatic carbocycles. The minimum atomic E-state index is -1.04. The molecule has 2 rings (SSSR count). The number of hydrogen-bond acceptors (Lipinski definition) is 3. The van der Waals surface area contributed by atoms with Gasteiger partial charge in [0.05, 0.1) is 6.10 Å². The van der Waals surface area contributed by atoms with Crippen LogP contribution < -0.4 is 0 Å². The largest absolute Gasteiger partial charge is 0.480 e. The van der Waals surface area contributed by atoms with Crippen LogP contribution in [0.15, 0.2) is 0 Å². The van der Waals surface area contributed by atoms with Gasteiger partial charge in [-0.3, -0.25) is 0 Å². The van der Waals surface area contributed by atoms with Gasteiger partial charge in [-0.05, 0) is 31.1 Å². The first-order valence-corrected chi connectivity index (χ1v) is 7.65. The van der Waals surface area contributed by atoms with Crippen molar-refractivity contribution in [1.82, 2.24) is 9.80 Å². The maximum atomic E-state index is 12.5. The smallest absolute Gasteiger partial charge is 0.326 e. The van der Waals surface area contributed by atoms with Crippen molar-refractivity contribution in [2.24, 2.45) is 5.41 Å². The molecular weight excluding hydrogens is 272 g/mol. The van der Waals surface area contributed by atoms with Crippen LogP contribution >= 0.6 is 0 Å². The molecule has 1 saturated carbocycles. The summed E-state index contributed by atoms with van der Waals surface area (Å²) in [6, 6.07) is -1.02. The number of amides is 2. The highest BCUT2D eigenvalue weighted by Crippen LogP contribution is 2.37.